The zero-order valence-electron chi connectivity index (χ0n) is 15.7. The molecule has 3 unspecified atom stereocenters. The second-order valence-corrected chi connectivity index (χ2v) is 8.82. The number of aromatic nitrogens is 2. The molecule has 0 bridgehead atoms. The molecule has 0 radical (unpaired) electrons. The molecule has 1 amide bonds. The average Bonchev–Trinajstić information content (AvgIpc) is 3.37. The molecule has 5 rings (SSSR count). The van der Waals surface area contributed by atoms with Crippen LogP contribution >= 0.6 is 0 Å². The Kier molecular flexibility index (Phi) is 3.80. The van der Waals surface area contributed by atoms with E-state index >= 15 is 0 Å². The molecule has 0 spiro atoms. The average molecular weight is 352 g/mol. The topological polar surface area (TPSA) is 49.3 Å². The number of hydrogen-bond donors (Lipinski definition) is 0. The Morgan fingerprint density at radius 1 is 1.23 bits per heavy atom. The summed E-state index contributed by atoms with van der Waals surface area (Å²) < 4.78 is 0. The van der Waals surface area contributed by atoms with Crippen LogP contribution in [0.15, 0.2) is 18.3 Å². The van der Waals surface area contributed by atoms with E-state index in [1.54, 1.807) is 0 Å². The van der Waals surface area contributed by atoms with Crippen molar-refractivity contribution in [1.82, 2.24) is 14.9 Å². The number of rotatable bonds is 2. The summed E-state index contributed by atoms with van der Waals surface area (Å²) in [5.41, 5.74) is 2.32. The van der Waals surface area contributed by atoms with Crippen molar-refractivity contribution >= 4 is 11.9 Å². The van der Waals surface area contributed by atoms with Crippen LogP contribution in [0.1, 0.15) is 56.2 Å². The third-order valence-corrected chi connectivity index (χ3v) is 6.97. The molecule has 2 saturated heterocycles. The minimum absolute atomic E-state index is 0.202. The molecule has 0 saturated carbocycles. The van der Waals surface area contributed by atoms with Crippen LogP contribution in [0.4, 0.5) is 5.95 Å². The summed E-state index contributed by atoms with van der Waals surface area (Å²) >= 11 is 0. The molecule has 2 fully saturated rings. The maximum absolute atomic E-state index is 13.1. The molecular weight excluding hydrogens is 324 g/mol. The lowest BCUT2D eigenvalue weighted by Gasteiger charge is -2.34. The number of amides is 1. The van der Waals surface area contributed by atoms with E-state index < -0.39 is 0 Å². The number of anilines is 1. The van der Waals surface area contributed by atoms with Crippen molar-refractivity contribution in [2.45, 2.75) is 51.4 Å². The van der Waals surface area contributed by atoms with Gasteiger partial charge < -0.3 is 9.80 Å². The molecule has 1 aromatic heterocycles. The number of carbonyl (C=O) groups excluding carboxylic acids is 1. The molecule has 0 aromatic carbocycles. The monoisotopic (exact) mass is 352 g/mol. The smallest absolute Gasteiger partial charge is 0.228 e. The van der Waals surface area contributed by atoms with Crippen LogP contribution in [0, 0.1) is 11.3 Å². The first-order valence-electron chi connectivity index (χ1n) is 10.2. The largest absolute Gasteiger partial charge is 0.341 e. The Labute approximate surface area is 155 Å². The van der Waals surface area contributed by atoms with Gasteiger partial charge in [-0.05, 0) is 50.0 Å². The Morgan fingerprint density at radius 2 is 2.08 bits per heavy atom. The predicted octanol–water partition coefficient (Wildman–Crippen LogP) is 2.92. The minimum Gasteiger partial charge on any atom is -0.341 e. The molecule has 26 heavy (non-hydrogen) atoms. The fraction of sp³-hybridized carbons (Fsp3) is 0.667. The summed E-state index contributed by atoms with van der Waals surface area (Å²) in [6.45, 7) is 6.05. The van der Waals surface area contributed by atoms with Gasteiger partial charge in [-0.25, -0.2) is 9.97 Å². The van der Waals surface area contributed by atoms with Gasteiger partial charge in [0.2, 0.25) is 11.9 Å². The first-order valence-corrected chi connectivity index (χ1v) is 10.2. The molecule has 3 atom stereocenters. The molecule has 1 aromatic rings. The predicted molar refractivity (Wildman–Crippen MR) is 101 cm³/mol. The van der Waals surface area contributed by atoms with E-state index in [2.05, 4.69) is 40.1 Å². The summed E-state index contributed by atoms with van der Waals surface area (Å²) in [6.07, 6.45) is 12.8. The summed E-state index contributed by atoms with van der Waals surface area (Å²) in [5.74, 6) is 2.23. The minimum atomic E-state index is -0.202. The van der Waals surface area contributed by atoms with Crippen LogP contribution in [-0.4, -0.2) is 47.0 Å². The second-order valence-electron chi connectivity index (χ2n) is 8.82. The number of carbonyl (C=O) groups is 1. The van der Waals surface area contributed by atoms with Gasteiger partial charge in [0.05, 0.1) is 5.41 Å². The van der Waals surface area contributed by atoms with E-state index in [0.717, 1.165) is 57.8 Å². The van der Waals surface area contributed by atoms with Gasteiger partial charge in [0.1, 0.15) is 0 Å². The van der Waals surface area contributed by atoms with Crippen molar-refractivity contribution in [2.75, 3.05) is 31.1 Å². The third-order valence-electron chi connectivity index (χ3n) is 6.97. The van der Waals surface area contributed by atoms with Gasteiger partial charge in [-0.3, -0.25) is 4.79 Å². The molecule has 5 nitrogen and oxygen atoms in total. The van der Waals surface area contributed by atoms with Crippen LogP contribution in [0.25, 0.3) is 0 Å². The molecule has 0 N–H and O–H groups in total. The Balaban J connectivity index is 1.32. The van der Waals surface area contributed by atoms with Crippen molar-refractivity contribution in [3.8, 4) is 0 Å². The van der Waals surface area contributed by atoms with Crippen LogP contribution < -0.4 is 4.90 Å². The van der Waals surface area contributed by atoms with E-state index in [4.69, 9.17) is 4.98 Å². The van der Waals surface area contributed by atoms with Crippen LogP contribution in [0.5, 0.6) is 0 Å². The van der Waals surface area contributed by atoms with Gasteiger partial charge >= 0.3 is 0 Å². The molecule has 2 aliphatic heterocycles. The van der Waals surface area contributed by atoms with E-state index in [1.165, 1.54) is 24.1 Å². The van der Waals surface area contributed by atoms with Gasteiger partial charge in [-0.2, -0.15) is 0 Å². The summed E-state index contributed by atoms with van der Waals surface area (Å²) in [6, 6.07) is 0. The molecule has 2 aliphatic carbocycles. The van der Waals surface area contributed by atoms with Crippen molar-refractivity contribution in [3.63, 3.8) is 0 Å². The van der Waals surface area contributed by atoms with Crippen molar-refractivity contribution < 1.29 is 4.79 Å². The Bertz CT molecular complexity index is 754. The molecule has 5 heteroatoms. The zero-order valence-corrected chi connectivity index (χ0v) is 15.7. The van der Waals surface area contributed by atoms with Gasteiger partial charge in [-0.15, -0.1) is 0 Å². The normalized spacial score (nSPS) is 32.8. The summed E-state index contributed by atoms with van der Waals surface area (Å²) in [5, 5.41) is 0. The van der Waals surface area contributed by atoms with Crippen molar-refractivity contribution in [3.05, 3.63) is 29.6 Å². The van der Waals surface area contributed by atoms with Crippen molar-refractivity contribution in [2.24, 2.45) is 11.3 Å². The van der Waals surface area contributed by atoms with E-state index in [9.17, 15) is 4.79 Å². The first kappa shape index (κ1) is 16.3. The number of likely N-dealkylation sites (tertiary alicyclic amines) is 1. The van der Waals surface area contributed by atoms with E-state index in [0.29, 0.717) is 17.7 Å². The molecule has 3 heterocycles. The quantitative estimate of drug-likeness (QED) is 0.768. The van der Waals surface area contributed by atoms with E-state index in [1.807, 2.05) is 0 Å². The van der Waals surface area contributed by atoms with Gasteiger partial charge in [0.25, 0.3) is 0 Å². The van der Waals surface area contributed by atoms with Gasteiger partial charge in [0.15, 0.2) is 0 Å². The van der Waals surface area contributed by atoms with Gasteiger partial charge in [0, 0.05) is 44.0 Å². The second kappa shape index (κ2) is 6.07. The van der Waals surface area contributed by atoms with E-state index in [-0.39, 0.29) is 5.41 Å². The summed E-state index contributed by atoms with van der Waals surface area (Å²) in [7, 11) is 0. The summed E-state index contributed by atoms with van der Waals surface area (Å²) in [4.78, 5) is 27.1. The highest BCUT2D eigenvalue weighted by molar-refractivity contribution is 5.83. The van der Waals surface area contributed by atoms with Crippen LogP contribution in [-0.2, 0) is 11.2 Å². The maximum atomic E-state index is 13.1. The Morgan fingerprint density at radius 3 is 2.85 bits per heavy atom. The van der Waals surface area contributed by atoms with Crippen LogP contribution in [0.3, 0.4) is 0 Å². The lowest BCUT2D eigenvalue weighted by molar-refractivity contribution is -0.140. The molecule has 4 aliphatic rings. The SMILES string of the molecule is CC1(C(=O)N2CC3Cc4nc(N5CCCC5)ncc4C3C2)CC=CCC1. The standard InChI is InChI=1S/C21H28N4O/c1-21(7-3-2-4-8-21)19(26)25-13-15-11-18-16(17(15)14-25)12-22-20(23-18)24-9-5-6-10-24/h2-3,12,15,17H,4-11,13-14H2,1H3. The highest BCUT2D eigenvalue weighted by Crippen LogP contribution is 2.44. The third kappa shape index (κ3) is 2.55. The maximum Gasteiger partial charge on any atom is 0.228 e. The number of hydrogen-bond acceptors (Lipinski definition) is 4. The number of nitrogens with zero attached hydrogens (tertiary/aromatic N) is 4. The Hall–Kier alpha value is -1.91. The zero-order chi connectivity index (χ0) is 17.7. The molecule has 138 valence electrons. The number of allylic oxidation sites excluding steroid dienone is 2. The fourth-order valence-electron chi connectivity index (χ4n) is 5.34. The van der Waals surface area contributed by atoms with Gasteiger partial charge in [-0.1, -0.05) is 19.1 Å². The fourth-order valence-corrected chi connectivity index (χ4v) is 5.34. The highest BCUT2D eigenvalue weighted by atomic mass is 16.2. The van der Waals surface area contributed by atoms with Crippen LogP contribution in [0.2, 0.25) is 0 Å². The van der Waals surface area contributed by atoms with Crippen molar-refractivity contribution in [1.29, 1.82) is 0 Å². The molecular formula is C21H28N4O. The lowest BCUT2D eigenvalue weighted by Crippen LogP contribution is -2.42. The highest BCUT2D eigenvalue weighted by Gasteiger charge is 2.46. The number of fused-ring (bicyclic) bond motifs is 3. The first-order chi connectivity index (χ1) is 12.6. The lowest BCUT2D eigenvalue weighted by atomic mass is 9.77.